The number of unbranched alkanes of at least 4 members (excludes halogenated alkanes) is 1. The van der Waals surface area contributed by atoms with Crippen LogP contribution >= 0.6 is 0 Å². The van der Waals surface area contributed by atoms with E-state index in [0.717, 1.165) is 16.8 Å². The van der Waals surface area contributed by atoms with Crippen LogP contribution in [0.3, 0.4) is 0 Å². The van der Waals surface area contributed by atoms with Gasteiger partial charge in [-0.2, -0.15) is 0 Å². The number of nitrogens with zero attached hydrogens (tertiary/aromatic N) is 2. The minimum atomic E-state index is -0.997. The maximum atomic E-state index is 13.9. The molecule has 0 spiro atoms. The molecule has 0 bridgehead atoms. The number of rotatable bonds is 19. The molecule has 4 aromatic rings. The number of carbonyl (C=O) groups is 4. The summed E-state index contributed by atoms with van der Waals surface area (Å²) in [5.74, 6) is -1.81. The minimum absolute atomic E-state index is 0.0343. The number of hydrogen-bond acceptors (Lipinski definition) is 7. The van der Waals surface area contributed by atoms with Crippen LogP contribution in [0, 0.1) is 5.92 Å². The molecule has 12 heteroatoms. The number of nitrogens with one attached hydrogen (secondary N) is 4. The summed E-state index contributed by atoms with van der Waals surface area (Å²) in [6.07, 6.45) is 6.20. The smallest absolute Gasteiger partial charge is 0.243 e. The number of carbonyl (C=O) groups excluding carboxylic acids is 4. The standard InChI is InChI=1S/C38H50N8O4/c1-26(2)21-32(37(49)43-31(17-9-11-19-39)36(48)41-24-29-25-46-20-12-10-18-34(46)42-29)45-38(50)33(23-28-15-7-4-8-16-28)44-35(47)30(40)22-27-13-5-3-6-14-27/h3-8,10,12-16,18,20,25-26,30-33H,9,11,17,19,21-24,39-40H2,1-2H3,(H,41,48)(H,43,49)(H,44,47)(H,45,50)/t30-,31-,32-,33-/m1/s1. The van der Waals surface area contributed by atoms with Gasteiger partial charge in [-0.25, -0.2) is 4.98 Å². The predicted octanol–water partition coefficient (Wildman–Crippen LogP) is 2.39. The number of aromatic nitrogens is 2. The number of amides is 4. The van der Waals surface area contributed by atoms with Crippen molar-refractivity contribution in [3.8, 4) is 0 Å². The molecule has 266 valence electrons. The van der Waals surface area contributed by atoms with Crippen molar-refractivity contribution in [1.29, 1.82) is 0 Å². The summed E-state index contributed by atoms with van der Waals surface area (Å²) >= 11 is 0. The lowest BCUT2D eigenvalue weighted by Crippen LogP contribution is -2.58. The summed E-state index contributed by atoms with van der Waals surface area (Å²) in [7, 11) is 0. The number of fused-ring (bicyclic) bond motifs is 1. The third-order valence-electron chi connectivity index (χ3n) is 8.33. The monoisotopic (exact) mass is 682 g/mol. The van der Waals surface area contributed by atoms with Gasteiger partial charge >= 0.3 is 0 Å². The number of hydrogen-bond donors (Lipinski definition) is 6. The predicted molar refractivity (Wildman–Crippen MR) is 193 cm³/mol. The molecule has 0 aliphatic heterocycles. The molecule has 0 aliphatic carbocycles. The van der Waals surface area contributed by atoms with E-state index in [-0.39, 0.29) is 24.8 Å². The van der Waals surface area contributed by atoms with E-state index < -0.39 is 41.9 Å². The molecule has 4 atom stereocenters. The van der Waals surface area contributed by atoms with Crippen LogP contribution in [-0.2, 0) is 38.6 Å². The van der Waals surface area contributed by atoms with Crippen molar-refractivity contribution in [3.05, 3.63) is 108 Å². The van der Waals surface area contributed by atoms with Gasteiger partial charge in [0.2, 0.25) is 23.6 Å². The van der Waals surface area contributed by atoms with E-state index in [9.17, 15) is 19.2 Å². The normalized spacial score (nSPS) is 13.6. The Kier molecular flexibility index (Phi) is 14.5. The number of imidazole rings is 1. The van der Waals surface area contributed by atoms with Crippen LogP contribution in [0.2, 0.25) is 0 Å². The molecule has 12 nitrogen and oxygen atoms in total. The maximum absolute atomic E-state index is 13.9. The molecular weight excluding hydrogens is 632 g/mol. The molecule has 8 N–H and O–H groups in total. The van der Waals surface area contributed by atoms with Gasteiger partial charge in [0.05, 0.1) is 18.3 Å². The van der Waals surface area contributed by atoms with Crippen LogP contribution in [0.5, 0.6) is 0 Å². The van der Waals surface area contributed by atoms with Crippen LogP contribution in [0.1, 0.15) is 56.4 Å². The van der Waals surface area contributed by atoms with Crippen molar-refractivity contribution in [2.45, 2.75) is 83.1 Å². The molecule has 4 rings (SSSR count). The molecule has 0 unspecified atom stereocenters. The summed E-state index contributed by atoms with van der Waals surface area (Å²) in [6.45, 7) is 4.53. The third kappa shape index (κ3) is 11.8. The van der Waals surface area contributed by atoms with Crippen molar-refractivity contribution in [2.24, 2.45) is 17.4 Å². The van der Waals surface area contributed by atoms with Gasteiger partial charge in [0.1, 0.15) is 23.8 Å². The van der Waals surface area contributed by atoms with Crippen molar-refractivity contribution < 1.29 is 19.2 Å². The van der Waals surface area contributed by atoms with E-state index in [1.165, 1.54) is 0 Å². The van der Waals surface area contributed by atoms with Crippen LogP contribution in [0.15, 0.2) is 91.3 Å². The Labute approximate surface area is 293 Å². The van der Waals surface area contributed by atoms with E-state index >= 15 is 0 Å². The molecular formula is C38H50N8O4. The Hall–Kier alpha value is -5.07. The van der Waals surface area contributed by atoms with Gasteiger partial charge in [-0.05, 0) is 67.8 Å². The highest BCUT2D eigenvalue weighted by atomic mass is 16.2. The lowest BCUT2D eigenvalue weighted by molar-refractivity contribution is -0.134. The van der Waals surface area contributed by atoms with E-state index in [0.29, 0.717) is 44.3 Å². The van der Waals surface area contributed by atoms with Crippen molar-refractivity contribution in [1.82, 2.24) is 30.7 Å². The Morgan fingerprint density at radius 3 is 1.96 bits per heavy atom. The Morgan fingerprint density at radius 2 is 1.32 bits per heavy atom. The van der Waals surface area contributed by atoms with Gasteiger partial charge < -0.3 is 37.1 Å². The van der Waals surface area contributed by atoms with Gasteiger partial charge in [0, 0.05) is 18.8 Å². The zero-order valence-electron chi connectivity index (χ0n) is 28.9. The molecule has 2 aromatic carbocycles. The second-order valence-electron chi connectivity index (χ2n) is 13.0. The van der Waals surface area contributed by atoms with Gasteiger partial charge in [-0.1, -0.05) is 80.6 Å². The van der Waals surface area contributed by atoms with Gasteiger partial charge in [-0.3, -0.25) is 19.2 Å². The van der Waals surface area contributed by atoms with E-state index in [4.69, 9.17) is 11.5 Å². The Bertz CT molecular complexity index is 1640. The summed E-state index contributed by atoms with van der Waals surface area (Å²) in [5.41, 5.74) is 15.1. The number of nitrogens with two attached hydrogens (primary N) is 2. The van der Waals surface area contributed by atoms with Crippen molar-refractivity contribution in [2.75, 3.05) is 6.54 Å². The number of benzene rings is 2. The average Bonchev–Trinajstić information content (AvgIpc) is 3.53. The second-order valence-corrected chi connectivity index (χ2v) is 13.0. The molecule has 0 aliphatic rings. The highest BCUT2D eigenvalue weighted by Gasteiger charge is 2.31. The molecule has 2 heterocycles. The van der Waals surface area contributed by atoms with Crippen molar-refractivity contribution >= 4 is 29.3 Å². The average molecular weight is 683 g/mol. The molecule has 0 radical (unpaired) electrons. The number of pyridine rings is 1. The topological polar surface area (TPSA) is 186 Å². The lowest BCUT2D eigenvalue weighted by Gasteiger charge is -2.27. The van der Waals surface area contributed by atoms with Crippen LogP contribution < -0.4 is 32.7 Å². The first-order valence-corrected chi connectivity index (χ1v) is 17.3. The maximum Gasteiger partial charge on any atom is 0.243 e. The molecule has 2 aromatic heterocycles. The first-order valence-electron chi connectivity index (χ1n) is 17.3. The first-order chi connectivity index (χ1) is 24.1. The quantitative estimate of drug-likeness (QED) is 0.0820. The zero-order valence-corrected chi connectivity index (χ0v) is 28.9. The van der Waals surface area contributed by atoms with Crippen LogP contribution in [0.4, 0.5) is 0 Å². The molecule has 0 saturated heterocycles. The fourth-order valence-corrected chi connectivity index (χ4v) is 5.68. The second kappa shape index (κ2) is 19.2. The molecule has 50 heavy (non-hydrogen) atoms. The first kappa shape index (κ1) is 37.7. The van der Waals surface area contributed by atoms with E-state index in [2.05, 4.69) is 26.3 Å². The SMILES string of the molecule is CC(C)C[C@@H](NC(=O)[C@@H](Cc1ccccc1)NC(=O)[C@H](N)Cc1ccccc1)C(=O)N[C@H](CCCCN)C(=O)NCc1cn2ccccc2n1. The minimum Gasteiger partial charge on any atom is -0.349 e. The summed E-state index contributed by atoms with van der Waals surface area (Å²) < 4.78 is 1.87. The Morgan fingerprint density at radius 1 is 0.720 bits per heavy atom. The zero-order chi connectivity index (χ0) is 35.9. The highest BCUT2D eigenvalue weighted by Crippen LogP contribution is 2.11. The van der Waals surface area contributed by atoms with E-state index in [1.54, 1.807) is 0 Å². The van der Waals surface area contributed by atoms with Crippen molar-refractivity contribution in [3.63, 3.8) is 0 Å². The fraction of sp³-hybridized carbons (Fsp3) is 0.395. The third-order valence-corrected chi connectivity index (χ3v) is 8.33. The van der Waals surface area contributed by atoms with E-state index in [1.807, 2.05) is 110 Å². The summed E-state index contributed by atoms with van der Waals surface area (Å²) in [6, 6.07) is 20.7. The fourth-order valence-electron chi connectivity index (χ4n) is 5.68. The Balaban J connectivity index is 1.46. The molecule has 4 amide bonds. The summed E-state index contributed by atoms with van der Waals surface area (Å²) in [5, 5.41) is 11.5. The highest BCUT2D eigenvalue weighted by molar-refractivity contribution is 5.95. The van der Waals surface area contributed by atoms with Crippen LogP contribution in [0.25, 0.3) is 5.65 Å². The van der Waals surface area contributed by atoms with Gasteiger partial charge in [-0.15, -0.1) is 0 Å². The summed E-state index contributed by atoms with van der Waals surface area (Å²) in [4.78, 5) is 58.9. The lowest BCUT2D eigenvalue weighted by atomic mass is 9.99. The van der Waals surface area contributed by atoms with Gasteiger partial charge in [0.25, 0.3) is 0 Å². The van der Waals surface area contributed by atoms with Crippen LogP contribution in [-0.4, -0.2) is 63.7 Å². The molecule has 0 fully saturated rings. The van der Waals surface area contributed by atoms with Gasteiger partial charge in [0.15, 0.2) is 0 Å². The molecule has 0 saturated carbocycles. The largest absolute Gasteiger partial charge is 0.349 e.